The zero-order chi connectivity index (χ0) is 18.1. The number of carbonyl (C=O) groups is 1. The first kappa shape index (κ1) is 16.7. The molecule has 1 atom stereocenters. The van der Waals surface area contributed by atoms with Gasteiger partial charge in [-0.2, -0.15) is 16.4 Å². The Kier molecular flexibility index (Phi) is 4.42. The predicted octanol–water partition coefficient (Wildman–Crippen LogP) is 2.55. The summed E-state index contributed by atoms with van der Waals surface area (Å²) in [4.78, 5) is 33.5. The molecule has 0 radical (unpaired) electrons. The zero-order valence-electron chi connectivity index (χ0n) is 14.4. The highest BCUT2D eigenvalue weighted by Crippen LogP contribution is 2.27. The van der Waals surface area contributed by atoms with Crippen molar-refractivity contribution in [2.24, 2.45) is 0 Å². The number of carbonyl (C=O) groups excluding carboxylic acids is 1. The van der Waals surface area contributed by atoms with Gasteiger partial charge in [-0.15, -0.1) is 0 Å². The van der Waals surface area contributed by atoms with E-state index in [0.717, 1.165) is 29.8 Å². The third-order valence-corrected chi connectivity index (χ3v) is 5.32. The number of hydrogen-bond donors (Lipinski definition) is 2. The average molecular weight is 369 g/mol. The summed E-state index contributed by atoms with van der Waals surface area (Å²) in [6, 6.07) is 5.31. The topological polar surface area (TPSA) is 94.7 Å². The molecule has 0 aliphatic carbocycles. The summed E-state index contributed by atoms with van der Waals surface area (Å²) >= 11 is 1.60. The zero-order valence-corrected chi connectivity index (χ0v) is 15.2. The van der Waals surface area contributed by atoms with Crippen molar-refractivity contribution >= 4 is 17.2 Å². The molecule has 0 saturated carbocycles. The van der Waals surface area contributed by atoms with Crippen molar-refractivity contribution in [3.05, 3.63) is 56.5 Å². The molecule has 4 rings (SSSR count). The molecule has 0 bridgehead atoms. The van der Waals surface area contributed by atoms with Gasteiger partial charge in [0.2, 0.25) is 0 Å². The van der Waals surface area contributed by atoms with Gasteiger partial charge in [-0.3, -0.25) is 14.7 Å². The van der Waals surface area contributed by atoms with Gasteiger partial charge < -0.3 is 9.88 Å². The number of piperidine rings is 1. The van der Waals surface area contributed by atoms with E-state index in [2.05, 4.69) is 20.2 Å². The number of amides is 1. The largest absolute Gasteiger partial charge is 0.337 e. The summed E-state index contributed by atoms with van der Waals surface area (Å²) in [5, 5.41) is 11.1. The highest BCUT2D eigenvalue weighted by atomic mass is 32.1. The summed E-state index contributed by atoms with van der Waals surface area (Å²) in [7, 11) is 0. The number of nitrogens with one attached hydrogen (secondary N) is 2. The maximum atomic E-state index is 12.9. The lowest BCUT2D eigenvalue weighted by Gasteiger charge is -2.32. The lowest BCUT2D eigenvalue weighted by Crippen LogP contribution is -2.39. The molecule has 1 saturated heterocycles. The molecule has 1 amide bonds. The van der Waals surface area contributed by atoms with Crippen LogP contribution in [0.5, 0.6) is 0 Å². The van der Waals surface area contributed by atoms with Gasteiger partial charge in [0, 0.05) is 36.0 Å². The van der Waals surface area contributed by atoms with Crippen molar-refractivity contribution in [1.82, 2.24) is 25.1 Å². The van der Waals surface area contributed by atoms with Crippen molar-refractivity contribution in [1.29, 1.82) is 0 Å². The summed E-state index contributed by atoms with van der Waals surface area (Å²) in [5.74, 6) is 0.614. The highest BCUT2D eigenvalue weighted by molar-refractivity contribution is 7.08. The second-order valence-corrected chi connectivity index (χ2v) is 7.30. The average Bonchev–Trinajstić information content (AvgIpc) is 3.32. The van der Waals surface area contributed by atoms with Gasteiger partial charge in [0.1, 0.15) is 11.5 Å². The van der Waals surface area contributed by atoms with Crippen LogP contribution >= 0.6 is 11.3 Å². The first-order chi connectivity index (χ1) is 12.6. The maximum absolute atomic E-state index is 12.9. The molecule has 1 fully saturated rings. The Hall–Kier alpha value is -2.74. The molecule has 3 aromatic rings. The highest BCUT2D eigenvalue weighted by Gasteiger charge is 2.27. The molecule has 2 N–H and O–H groups in total. The number of H-pyrrole nitrogens is 2. The van der Waals surface area contributed by atoms with Crippen LogP contribution in [0, 0.1) is 6.92 Å². The third-order valence-electron chi connectivity index (χ3n) is 4.63. The van der Waals surface area contributed by atoms with E-state index in [1.54, 1.807) is 24.3 Å². The van der Waals surface area contributed by atoms with Gasteiger partial charge in [-0.1, -0.05) is 0 Å². The van der Waals surface area contributed by atoms with Crippen molar-refractivity contribution in [3.63, 3.8) is 0 Å². The van der Waals surface area contributed by atoms with Crippen LogP contribution in [-0.2, 0) is 0 Å². The smallest absolute Gasteiger partial charge is 0.271 e. The van der Waals surface area contributed by atoms with E-state index < -0.39 is 0 Å². The predicted molar refractivity (Wildman–Crippen MR) is 99.4 cm³/mol. The number of hydrogen-bond acceptors (Lipinski definition) is 5. The Labute approximate surface area is 154 Å². The van der Waals surface area contributed by atoms with Crippen LogP contribution in [0.3, 0.4) is 0 Å². The number of likely N-dealkylation sites (tertiary alicyclic amines) is 1. The van der Waals surface area contributed by atoms with Crippen molar-refractivity contribution < 1.29 is 4.79 Å². The fourth-order valence-corrected chi connectivity index (χ4v) is 4.02. The van der Waals surface area contributed by atoms with E-state index in [1.165, 1.54) is 6.07 Å². The minimum absolute atomic E-state index is 0.0646. The van der Waals surface area contributed by atoms with Crippen LogP contribution in [-0.4, -0.2) is 44.1 Å². The van der Waals surface area contributed by atoms with Crippen LogP contribution in [0.15, 0.2) is 33.8 Å². The molecule has 8 heteroatoms. The number of aromatic nitrogens is 4. The van der Waals surface area contributed by atoms with E-state index in [1.807, 2.05) is 21.7 Å². The number of thiophene rings is 1. The fourth-order valence-electron chi connectivity index (χ4n) is 3.37. The van der Waals surface area contributed by atoms with E-state index in [9.17, 15) is 9.59 Å². The Morgan fingerprint density at radius 1 is 1.38 bits per heavy atom. The quantitative estimate of drug-likeness (QED) is 0.742. The molecule has 1 unspecified atom stereocenters. The molecule has 1 aliphatic heterocycles. The summed E-state index contributed by atoms with van der Waals surface area (Å²) in [5.41, 5.74) is 2.87. The number of nitrogens with zero attached hydrogens (tertiary/aromatic N) is 3. The Balaban J connectivity index is 1.52. The van der Waals surface area contributed by atoms with Gasteiger partial charge in [-0.25, -0.2) is 4.98 Å². The lowest BCUT2D eigenvalue weighted by molar-refractivity contribution is 0.0700. The molecule has 4 heterocycles. The van der Waals surface area contributed by atoms with E-state index >= 15 is 0 Å². The van der Waals surface area contributed by atoms with Gasteiger partial charge >= 0.3 is 0 Å². The van der Waals surface area contributed by atoms with Gasteiger partial charge in [0.15, 0.2) is 0 Å². The second kappa shape index (κ2) is 6.87. The van der Waals surface area contributed by atoms with Gasteiger partial charge in [0.05, 0.1) is 11.4 Å². The normalized spacial score (nSPS) is 17.4. The molecule has 7 nitrogen and oxygen atoms in total. The second-order valence-electron chi connectivity index (χ2n) is 6.52. The van der Waals surface area contributed by atoms with E-state index in [0.29, 0.717) is 24.6 Å². The first-order valence-electron chi connectivity index (χ1n) is 8.55. The van der Waals surface area contributed by atoms with Crippen LogP contribution in [0.1, 0.15) is 40.8 Å². The summed E-state index contributed by atoms with van der Waals surface area (Å²) in [6.45, 7) is 3.03. The van der Waals surface area contributed by atoms with Gasteiger partial charge in [-0.05, 0) is 37.3 Å². The standard InChI is InChI=1S/C18H19N5O2S/c1-11-19-14(8-17(24)20-11)12-3-2-5-23(9-12)18(25)16-7-15(21-22-16)13-4-6-26-10-13/h4,6-8,10,12H,2-3,5,9H2,1H3,(H,21,22)(H,19,20,24). The van der Waals surface area contributed by atoms with Crippen LogP contribution < -0.4 is 5.56 Å². The molecule has 0 aromatic carbocycles. The van der Waals surface area contributed by atoms with Crippen molar-refractivity contribution in [2.75, 3.05) is 13.1 Å². The lowest BCUT2D eigenvalue weighted by atomic mass is 9.94. The fraction of sp³-hybridized carbons (Fsp3) is 0.333. The minimum Gasteiger partial charge on any atom is -0.337 e. The number of aryl methyl sites for hydroxylation is 1. The molecular formula is C18H19N5O2S. The molecule has 134 valence electrons. The molecular weight excluding hydrogens is 350 g/mol. The van der Waals surface area contributed by atoms with E-state index in [4.69, 9.17) is 0 Å². The Morgan fingerprint density at radius 3 is 3.04 bits per heavy atom. The van der Waals surface area contributed by atoms with Gasteiger partial charge in [0.25, 0.3) is 11.5 Å². The van der Waals surface area contributed by atoms with E-state index in [-0.39, 0.29) is 17.4 Å². The maximum Gasteiger partial charge on any atom is 0.271 e. The van der Waals surface area contributed by atoms with Crippen molar-refractivity contribution in [3.8, 4) is 11.3 Å². The monoisotopic (exact) mass is 369 g/mol. The number of aromatic amines is 2. The molecule has 1 aliphatic rings. The Morgan fingerprint density at radius 2 is 2.27 bits per heavy atom. The summed E-state index contributed by atoms with van der Waals surface area (Å²) in [6.07, 6.45) is 1.80. The minimum atomic E-state index is -0.148. The summed E-state index contributed by atoms with van der Waals surface area (Å²) < 4.78 is 0. The number of rotatable bonds is 3. The molecule has 0 spiro atoms. The Bertz CT molecular complexity index is 976. The SMILES string of the molecule is Cc1nc(C2CCCN(C(=O)c3cc(-c4ccsc4)n[nH]3)C2)cc(=O)[nH]1. The molecule has 26 heavy (non-hydrogen) atoms. The van der Waals surface area contributed by atoms with Crippen LogP contribution in [0.2, 0.25) is 0 Å². The van der Waals surface area contributed by atoms with Crippen LogP contribution in [0.25, 0.3) is 11.3 Å². The first-order valence-corrected chi connectivity index (χ1v) is 9.49. The molecule has 3 aromatic heterocycles. The van der Waals surface area contributed by atoms with Crippen molar-refractivity contribution in [2.45, 2.75) is 25.7 Å². The third kappa shape index (κ3) is 3.32. The van der Waals surface area contributed by atoms with Crippen LogP contribution in [0.4, 0.5) is 0 Å².